The Hall–Kier alpha value is -3.51. The highest BCUT2D eigenvalue weighted by molar-refractivity contribution is 6.83. The number of ether oxygens (including phenoxy) is 2. The number of hydrogen-bond donors (Lipinski definition) is 0. The summed E-state index contributed by atoms with van der Waals surface area (Å²) in [6.45, 7) is 15.7. The van der Waals surface area contributed by atoms with Crippen molar-refractivity contribution in [3.63, 3.8) is 0 Å². The summed E-state index contributed by atoms with van der Waals surface area (Å²) in [5.41, 5.74) is 8.27. The molecule has 1 amide bonds. The minimum absolute atomic E-state index is 0.247. The topological polar surface area (TPSA) is 72.7 Å². The van der Waals surface area contributed by atoms with Crippen molar-refractivity contribution in [3.05, 3.63) is 47.3 Å². The maximum Gasteiger partial charge on any atom is 0.410 e. The molecule has 0 N–H and O–H groups in total. The number of hydrogen-bond acceptors (Lipinski definition) is 6. The smallest absolute Gasteiger partial charge is 0.410 e. The lowest BCUT2D eigenvalue weighted by molar-refractivity contribution is 0.0240. The van der Waals surface area contributed by atoms with Gasteiger partial charge in [-0.05, 0) is 62.8 Å². The highest BCUT2D eigenvalue weighted by Gasteiger charge is 2.34. The first-order valence-corrected chi connectivity index (χ1v) is 17.7. The molecule has 1 aliphatic heterocycles. The van der Waals surface area contributed by atoms with Gasteiger partial charge in [-0.1, -0.05) is 37.7 Å². The van der Waals surface area contributed by atoms with Gasteiger partial charge in [0.05, 0.1) is 24.7 Å². The van der Waals surface area contributed by atoms with E-state index in [1.807, 2.05) is 42.5 Å². The molecular weight excluding hydrogens is 518 g/mol. The van der Waals surface area contributed by atoms with E-state index in [-0.39, 0.29) is 6.09 Å². The van der Waals surface area contributed by atoms with Crippen LogP contribution in [0.4, 0.5) is 10.5 Å². The van der Waals surface area contributed by atoms with Gasteiger partial charge in [-0.25, -0.2) is 14.5 Å². The van der Waals surface area contributed by atoms with Crippen LogP contribution in [0, 0.1) is 11.5 Å². The number of methoxy groups -OCH3 is 1. The van der Waals surface area contributed by atoms with Gasteiger partial charge in [-0.15, -0.1) is 5.54 Å². The van der Waals surface area contributed by atoms with Gasteiger partial charge < -0.3 is 19.3 Å². The molecule has 3 aromatic rings. The first-order chi connectivity index (χ1) is 18.9. The Bertz CT molecular complexity index is 1450. The second-order valence-corrected chi connectivity index (χ2v) is 17.6. The number of carbonyl (C=O) groups is 1. The van der Waals surface area contributed by atoms with Crippen molar-refractivity contribution in [2.75, 3.05) is 38.2 Å². The molecular formula is C31H41N5O3Si. The summed E-state index contributed by atoms with van der Waals surface area (Å²) < 4.78 is 13.0. The number of carbonyl (C=O) groups excluding carboxylic acids is 1. The van der Waals surface area contributed by atoms with Crippen molar-refractivity contribution in [3.8, 4) is 17.2 Å². The van der Waals surface area contributed by atoms with Gasteiger partial charge in [-0.2, -0.15) is 5.10 Å². The van der Waals surface area contributed by atoms with Crippen molar-refractivity contribution in [1.29, 1.82) is 0 Å². The average molecular weight is 560 g/mol. The van der Waals surface area contributed by atoms with E-state index in [9.17, 15) is 4.79 Å². The van der Waals surface area contributed by atoms with Gasteiger partial charge in [-0.3, -0.25) is 0 Å². The predicted molar refractivity (Wildman–Crippen MR) is 162 cm³/mol. The second kappa shape index (κ2) is 10.8. The third-order valence-electron chi connectivity index (χ3n) is 7.07. The number of pyridine rings is 1. The number of piperazine rings is 1. The summed E-state index contributed by atoms with van der Waals surface area (Å²) in [4.78, 5) is 22.0. The largest absolute Gasteiger partial charge is 0.497 e. The van der Waals surface area contributed by atoms with Crippen LogP contribution in [0.5, 0.6) is 5.75 Å². The number of fused-ring (bicyclic) bond motifs is 1. The highest BCUT2D eigenvalue weighted by atomic mass is 28.3. The van der Waals surface area contributed by atoms with Crippen LogP contribution in [0.25, 0.3) is 11.0 Å². The Balaban J connectivity index is 1.55. The molecule has 9 heteroatoms. The first-order valence-electron chi connectivity index (χ1n) is 14.2. The Morgan fingerprint density at radius 2 is 1.75 bits per heavy atom. The predicted octanol–water partition coefficient (Wildman–Crippen LogP) is 5.65. The zero-order chi connectivity index (χ0) is 28.7. The Morgan fingerprint density at radius 1 is 1.07 bits per heavy atom. The van der Waals surface area contributed by atoms with Crippen molar-refractivity contribution in [1.82, 2.24) is 19.7 Å². The molecule has 1 saturated heterocycles. The van der Waals surface area contributed by atoms with Gasteiger partial charge in [0.25, 0.3) is 0 Å². The third kappa shape index (κ3) is 6.44. The molecule has 8 nitrogen and oxygen atoms in total. The maximum absolute atomic E-state index is 12.7. The first kappa shape index (κ1) is 28.0. The van der Waals surface area contributed by atoms with Crippen molar-refractivity contribution < 1.29 is 14.3 Å². The molecule has 40 heavy (non-hydrogen) atoms. The molecule has 1 aromatic carbocycles. The van der Waals surface area contributed by atoms with Crippen molar-refractivity contribution >= 4 is 30.9 Å². The Labute approximate surface area is 238 Å². The molecule has 2 aliphatic rings. The second-order valence-electron chi connectivity index (χ2n) is 12.8. The molecule has 0 bridgehead atoms. The SMILES string of the molecule is COc1ccc(Cn2nc(C#C[Si](C)(C)C)c3c(N4CCN(C(=O)OC(C)(C)C)CC4)c(C4CC4)cnc32)cc1. The summed E-state index contributed by atoms with van der Waals surface area (Å²) >= 11 is 0. The zero-order valence-electron chi connectivity index (χ0n) is 24.9. The number of benzene rings is 1. The van der Waals surface area contributed by atoms with Gasteiger partial charge in [0, 0.05) is 32.4 Å². The average Bonchev–Trinajstić information content (AvgIpc) is 3.69. The molecule has 0 atom stereocenters. The Kier molecular flexibility index (Phi) is 7.57. The van der Waals surface area contributed by atoms with Crippen LogP contribution >= 0.6 is 0 Å². The summed E-state index contributed by atoms with van der Waals surface area (Å²) in [5, 5.41) is 6.09. The number of rotatable bonds is 5. The molecule has 1 aliphatic carbocycles. The summed E-state index contributed by atoms with van der Waals surface area (Å²) in [7, 11) is 0.0357. The quantitative estimate of drug-likeness (QED) is 0.297. The van der Waals surface area contributed by atoms with E-state index in [4.69, 9.17) is 19.6 Å². The van der Waals surface area contributed by atoms with Crippen LogP contribution in [0.2, 0.25) is 19.6 Å². The number of nitrogens with zero attached hydrogens (tertiary/aromatic N) is 5. The van der Waals surface area contributed by atoms with Crippen LogP contribution < -0.4 is 9.64 Å². The molecule has 0 radical (unpaired) electrons. The molecule has 0 spiro atoms. The van der Waals surface area contributed by atoms with E-state index < -0.39 is 13.7 Å². The lowest BCUT2D eigenvalue weighted by atomic mass is 10.0. The van der Waals surface area contributed by atoms with E-state index in [1.165, 1.54) is 24.1 Å². The van der Waals surface area contributed by atoms with Crippen LogP contribution in [-0.2, 0) is 11.3 Å². The number of anilines is 1. The fraction of sp³-hybridized carbons (Fsp3) is 0.516. The molecule has 1 saturated carbocycles. The van der Waals surface area contributed by atoms with Crippen LogP contribution in [0.1, 0.15) is 56.4 Å². The fourth-order valence-electron chi connectivity index (χ4n) is 4.96. The lowest BCUT2D eigenvalue weighted by Crippen LogP contribution is -2.50. The van der Waals surface area contributed by atoms with E-state index in [0.29, 0.717) is 25.6 Å². The lowest BCUT2D eigenvalue weighted by Gasteiger charge is -2.37. The summed E-state index contributed by atoms with van der Waals surface area (Å²) in [6.07, 6.45) is 4.16. The molecule has 2 aromatic heterocycles. The number of aromatic nitrogens is 3. The highest BCUT2D eigenvalue weighted by Crippen LogP contribution is 2.47. The van der Waals surface area contributed by atoms with Crippen molar-refractivity contribution in [2.24, 2.45) is 0 Å². The van der Waals surface area contributed by atoms with Crippen LogP contribution in [0.3, 0.4) is 0 Å². The normalized spacial score (nSPS) is 16.1. The molecule has 3 heterocycles. The van der Waals surface area contributed by atoms with Gasteiger partial charge >= 0.3 is 6.09 Å². The van der Waals surface area contributed by atoms with E-state index >= 15 is 0 Å². The number of amides is 1. The van der Waals surface area contributed by atoms with Crippen molar-refractivity contribution in [2.45, 2.75) is 71.3 Å². The van der Waals surface area contributed by atoms with Gasteiger partial charge in [0.2, 0.25) is 0 Å². The third-order valence-corrected chi connectivity index (χ3v) is 7.95. The molecule has 212 valence electrons. The monoisotopic (exact) mass is 559 g/mol. The van der Waals surface area contributed by atoms with E-state index in [2.05, 4.69) is 54.3 Å². The zero-order valence-corrected chi connectivity index (χ0v) is 25.9. The molecule has 2 fully saturated rings. The molecule has 0 unspecified atom stereocenters. The molecule has 5 rings (SSSR count). The maximum atomic E-state index is 12.7. The summed E-state index contributed by atoms with van der Waals surface area (Å²) in [5.74, 6) is 4.82. The van der Waals surface area contributed by atoms with Crippen LogP contribution in [-0.4, -0.2) is 72.7 Å². The fourth-order valence-corrected chi connectivity index (χ4v) is 5.45. The van der Waals surface area contributed by atoms with Gasteiger partial charge in [0.1, 0.15) is 25.1 Å². The van der Waals surface area contributed by atoms with E-state index in [0.717, 1.165) is 41.1 Å². The van der Waals surface area contributed by atoms with E-state index in [1.54, 1.807) is 7.11 Å². The minimum atomic E-state index is -1.64. The van der Waals surface area contributed by atoms with Gasteiger partial charge in [0.15, 0.2) is 5.65 Å². The van der Waals surface area contributed by atoms with Crippen LogP contribution in [0.15, 0.2) is 30.5 Å². The Morgan fingerprint density at radius 3 is 2.33 bits per heavy atom. The minimum Gasteiger partial charge on any atom is -0.497 e. The summed E-state index contributed by atoms with van der Waals surface area (Å²) in [6, 6.07) is 8.08. The standard InChI is InChI=1S/C31H41N5O3Si/c1-31(2,3)39-30(37)35-17-15-34(16-18-35)28-25(23-10-11-23)20-32-29-27(28)26(14-19-40(5,6)7)33-36(29)21-22-8-12-24(38-4)13-9-22/h8-9,12-13,20,23H,10-11,15-18,21H2,1-7H3.